The van der Waals surface area contributed by atoms with Gasteiger partial charge in [-0.1, -0.05) is 76.6 Å². The standard InChI is InChI=1S/C30H36FNO2/c1-3-5-7-9-11-23-14-20-29(27(31)21-23)34-30(33)26-17-15-25(16-18-26)28-19-13-24(22-32-28)12-10-8-6-4-2/h13-22H,3-12H2,1-2H3. The molecule has 0 spiro atoms. The molecule has 1 aromatic heterocycles. The van der Waals surface area contributed by atoms with Gasteiger partial charge in [0.1, 0.15) is 0 Å². The third-order valence-corrected chi connectivity index (χ3v) is 6.08. The van der Waals surface area contributed by atoms with E-state index in [4.69, 9.17) is 4.74 Å². The third-order valence-electron chi connectivity index (χ3n) is 6.08. The molecular formula is C30H36FNO2. The molecule has 0 N–H and O–H groups in total. The summed E-state index contributed by atoms with van der Waals surface area (Å²) >= 11 is 0. The van der Waals surface area contributed by atoms with Crippen molar-refractivity contribution in [1.82, 2.24) is 4.98 Å². The highest BCUT2D eigenvalue weighted by atomic mass is 19.1. The fourth-order valence-corrected chi connectivity index (χ4v) is 3.97. The van der Waals surface area contributed by atoms with Crippen molar-refractivity contribution < 1.29 is 13.9 Å². The van der Waals surface area contributed by atoms with E-state index < -0.39 is 11.8 Å². The molecule has 0 amide bonds. The topological polar surface area (TPSA) is 39.2 Å². The van der Waals surface area contributed by atoms with Crippen molar-refractivity contribution in [3.63, 3.8) is 0 Å². The molecule has 34 heavy (non-hydrogen) atoms. The molecule has 0 bridgehead atoms. The summed E-state index contributed by atoms with van der Waals surface area (Å²) in [6.45, 7) is 4.38. The van der Waals surface area contributed by atoms with Crippen LogP contribution in [0.5, 0.6) is 5.75 Å². The molecule has 0 atom stereocenters. The van der Waals surface area contributed by atoms with Gasteiger partial charge in [0.25, 0.3) is 0 Å². The molecular weight excluding hydrogens is 425 g/mol. The lowest BCUT2D eigenvalue weighted by Gasteiger charge is -2.08. The second-order valence-electron chi connectivity index (χ2n) is 8.90. The van der Waals surface area contributed by atoms with Crippen LogP contribution >= 0.6 is 0 Å². The molecule has 0 saturated heterocycles. The molecule has 3 aromatic rings. The van der Waals surface area contributed by atoms with E-state index in [-0.39, 0.29) is 5.75 Å². The number of nitrogens with zero attached hydrogens (tertiary/aromatic N) is 1. The van der Waals surface area contributed by atoms with E-state index in [0.717, 1.165) is 42.5 Å². The second-order valence-corrected chi connectivity index (χ2v) is 8.90. The van der Waals surface area contributed by atoms with E-state index in [9.17, 15) is 9.18 Å². The van der Waals surface area contributed by atoms with E-state index in [1.54, 1.807) is 18.2 Å². The Morgan fingerprint density at radius 3 is 2.03 bits per heavy atom. The molecule has 0 fully saturated rings. The molecule has 0 radical (unpaired) electrons. The minimum absolute atomic E-state index is 0.0393. The van der Waals surface area contributed by atoms with Gasteiger partial charge in [-0.15, -0.1) is 0 Å². The lowest BCUT2D eigenvalue weighted by molar-refractivity contribution is 0.0728. The largest absolute Gasteiger partial charge is 0.420 e. The van der Waals surface area contributed by atoms with Crippen molar-refractivity contribution in [3.05, 3.63) is 83.3 Å². The van der Waals surface area contributed by atoms with Crippen LogP contribution in [0.1, 0.15) is 86.7 Å². The minimum Gasteiger partial charge on any atom is -0.420 e. The van der Waals surface area contributed by atoms with E-state index in [2.05, 4.69) is 24.9 Å². The SMILES string of the molecule is CCCCCCc1ccc(-c2ccc(C(=O)Oc3ccc(CCCCCC)cc3F)cc2)nc1. The fraction of sp³-hybridized carbons (Fsp3) is 0.400. The smallest absolute Gasteiger partial charge is 0.343 e. The molecule has 4 heteroatoms. The van der Waals surface area contributed by atoms with Crippen molar-refractivity contribution in [1.29, 1.82) is 0 Å². The average Bonchev–Trinajstić information content (AvgIpc) is 2.86. The number of rotatable bonds is 13. The first-order valence-electron chi connectivity index (χ1n) is 12.7. The number of esters is 1. The minimum atomic E-state index is -0.573. The summed E-state index contributed by atoms with van der Waals surface area (Å²) in [5.74, 6) is -1.11. The average molecular weight is 462 g/mol. The zero-order valence-electron chi connectivity index (χ0n) is 20.5. The van der Waals surface area contributed by atoms with Crippen LogP contribution in [0.25, 0.3) is 11.3 Å². The predicted molar refractivity (Wildman–Crippen MR) is 137 cm³/mol. The van der Waals surface area contributed by atoms with Gasteiger partial charge in [0, 0.05) is 11.8 Å². The second kappa shape index (κ2) is 13.6. The molecule has 0 aliphatic rings. The maximum Gasteiger partial charge on any atom is 0.343 e. The van der Waals surface area contributed by atoms with Crippen LogP contribution in [-0.4, -0.2) is 11.0 Å². The number of halogens is 1. The maximum atomic E-state index is 14.5. The van der Waals surface area contributed by atoms with E-state index >= 15 is 0 Å². The van der Waals surface area contributed by atoms with Crippen LogP contribution in [0.3, 0.4) is 0 Å². The monoisotopic (exact) mass is 461 g/mol. The van der Waals surface area contributed by atoms with Gasteiger partial charge >= 0.3 is 5.97 Å². The maximum absolute atomic E-state index is 14.5. The first kappa shape index (κ1) is 25.6. The quantitative estimate of drug-likeness (QED) is 0.146. The Balaban J connectivity index is 1.55. The van der Waals surface area contributed by atoms with Crippen LogP contribution < -0.4 is 4.74 Å². The summed E-state index contributed by atoms with van der Waals surface area (Å²) < 4.78 is 19.8. The number of pyridine rings is 1. The van der Waals surface area contributed by atoms with Crippen LogP contribution in [0.2, 0.25) is 0 Å². The summed E-state index contributed by atoms with van der Waals surface area (Å²) in [7, 11) is 0. The van der Waals surface area contributed by atoms with Crippen molar-refractivity contribution in [2.45, 2.75) is 78.1 Å². The summed E-state index contributed by atoms with van der Waals surface area (Å²) in [5, 5.41) is 0. The summed E-state index contributed by atoms with van der Waals surface area (Å²) in [4.78, 5) is 17.1. The Morgan fingerprint density at radius 2 is 1.44 bits per heavy atom. The van der Waals surface area contributed by atoms with E-state index in [1.165, 1.54) is 50.2 Å². The van der Waals surface area contributed by atoms with Gasteiger partial charge in [-0.2, -0.15) is 0 Å². The molecule has 0 aliphatic heterocycles. The molecule has 2 aromatic carbocycles. The lowest BCUT2D eigenvalue weighted by atomic mass is 10.1. The zero-order valence-corrected chi connectivity index (χ0v) is 20.5. The third kappa shape index (κ3) is 7.79. The number of carbonyl (C=O) groups is 1. The first-order valence-corrected chi connectivity index (χ1v) is 12.7. The number of hydrogen-bond donors (Lipinski definition) is 0. The summed E-state index contributed by atoms with van der Waals surface area (Å²) in [5.41, 5.74) is 4.33. The van der Waals surface area contributed by atoms with E-state index in [1.807, 2.05) is 30.5 Å². The Hall–Kier alpha value is -3.01. The number of unbranched alkanes of at least 4 members (excludes halogenated alkanes) is 6. The number of aromatic nitrogens is 1. The Kier molecular flexibility index (Phi) is 10.3. The van der Waals surface area contributed by atoms with Gasteiger partial charge in [-0.05, 0) is 67.1 Å². The highest BCUT2D eigenvalue weighted by molar-refractivity contribution is 5.91. The molecule has 180 valence electrons. The lowest BCUT2D eigenvalue weighted by Crippen LogP contribution is -2.09. The number of hydrogen-bond acceptors (Lipinski definition) is 3. The van der Waals surface area contributed by atoms with Crippen LogP contribution in [-0.2, 0) is 12.8 Å². The predicted octanol–water partition coefficient (Wildman–Crippen LogP) is 8.35. The summed E-state index contributed by atoms with van der Waals surface area (Å²) in [6, 6.07) is 16.1. The van der Waals surface area contributed by atoms with Gasteiger partial charge in [0.05, 0.1) is 11.3 Å². The van der Waals surface area contributed by atoms with Gasteiger partial charge in [-0.25, -0.2) is 9.18 Å². The van der Waals surface area contributed by atoms with Crippen molar-refractivity contribution >= 4 is 5.97 Å². The van der Waals surface area contributed by atoms with Crippen molar-refractivity contribution in [2.75, 3.05) is 0 Å². The Labute approximate surface area is 203 Å². The van der Waals surface area contributed by atoms with Crippen LogP contribution in [0.4, 0.5) is 4.39 Å². The molecule has 0 aliphatic carbocycles. The molecule has 1 heterocycles. The highest BCUT2D eigenvalue weighted by Gasteiger charge is 2.13. The van der Waals surface area contributed by atoms with Gasteiger partial charge in [0.2, 0.25) is 0 Å². The number of ether oxygens (including phenoxy) is 1. The molecule has 0 saturated carbocycles. The van der Waals surface area contributed by atoms with Gasteiger partial charge in [0.15, 0.2) is 11.6 Å². The highest BCUT2D eigenvalue weighted by Crippen LogP contribution is 2.23. The summed E-state index contributed by atoms with van der Waals surface area (Å²) in [6.07, 6.45) is 13.3. The fourth-order valence-electron chi connectivity index (χ4n) is 3.97. The van der Waals surface area contributed by atoms with Crippen molar-refractivity contribution in [2.24, 2.45) is 0 Å². The number of benzene rings is 2. The normalized spacial score (nSPS) is 10.9. The van der Waals surface area contributed by atoms with Gasteiger partial charge in [-0.3, -0.25) is 4.98 Å². The Bertz CT molecular complexity index is 1030. The zero-order chi connectivity index (χ0) is 24.2. The van der Waals surface area contributed by atoms with Crippen molar-refractivity contribution in [3.8, 4) is 17.0 Å². The van der Waals surface area contributed by atoms with Gasteiger partial charge < -0.3 is 4.74 Å². The van der Waals surface area contributed by atoms with E-state index in [0.29, 0.717) is 5.56 Å². The number of carbonyl (C=O) groups excluding carboxylic acids is 1. The first-order chi connectivity index (χ1) is 16.6. The van der Waals surface area contributed by atoms with Crippen LogP contribution in [0, 0.1) is 5.82 Å². The van der Waals surface area contributed by atoms with Crippen LogP contribution in [0.15, 0.2) is 60.8 Å². The Morgan fingerprint density at radius 1 is 0.794 bits per heavy atom. The molecule has 0 unspecified atom stereocenters. The molecule has 3 nitrogen and oxygen atoms in total. The number of aryl methyl sites for hydroxylation is 2. The molecule has 3 rings (SSSR count).